The standard InChI is InChI=1S/C13H28N2O/c1-14-13-7-4-6-12(13)8-10-15(2)9-5-11-16-3/h12-14H,4-11H2,1-3H3. The zero-order chi connectivity index (χ0) is 11.8. The minimum Gasteiger partial charge on any atom is -0.385 e. The number of hydrogen-bond acceptors (Lipinski definition) is 3. The number of nitrogens with one attached hydrogen (secondary N) is 1. The minimum atomic E-state index is 0.771. The molecule has 0 heterocycles. The molecule has 0 aromatic carbocycles. The number of hydrogen-bond donors (Lipinski definition) is 1. The lowest BCUT2D eigenvalue weighted by atomic mass is 9.99. The number of methoxy groups -OCH3 is 1. The average molecular weight is 228 g/mol. The van der Waals surface area contributed by atoms with Crippen LogP contribution in [0.25, 0.3) is 0 Å². The van der Waals surface area contributed by atoms with Crippen LogP contribution in [-0.4, -0.2) is 51.8 Å². The Bertz CT molecular complexity index is 175. The summed E-state index contributed by atoms with van der Waals surface area (Å²) in [5.41, 5.74) is 0. The second kappa shape index (κ2) is 8.04. The molecule has 0 aromatic rings. The zero-order valence-corrected chi connectivity index (χ0v) is 11.2. The molecule has 3 nitrogen and oxygen atoms in total. The first-order valence-electron chi connectivity index (χ1n) is 6.62. The molecule has 2 unspecified atom stereocenters. The lowest BCUT2D eigenvalue weighted by Crippen LogP contribution is -2.32. The van der Waals surface area contributed by atoms with E-state index in [4.69, 9.17) is 4.74 Å². The second-order valence-electron chi connectivity index (χ2n) is 5.02. The molecule has 16 heavy (non-hydrogen) atoms. The molecule has 0 radical (unpaired) electrons. The summed E-state index contributed by atoms with van der Waals surface area (Å²) >= 11 is 0. The van der Waals surface area contributed by atoms with Gasteiger partial charge in [0.05, 0.1) is 0 Å². The monoisotopic (exact) mass is 228 g/mol. The molecular formula is C13H28N2O. The molecule has 0 bridgehead atoms. The number of ether oxygens (including phenoxy) is 1. The Morgan fingerprint density at radius 1 is 1.31 bits per heavy atom. The van der Waals surface area contributed by atoms with Crippen LogP contribution in [0.15, 0.2) is 0 Å². The Hall–Kier alpha value is -0.120. The van der Waals surface area contributed by atoms with Crippen molar-refractivity contribution in [3.05, 3.63) is 0 Å². The third-order valence-corrected chi connectivity index (χ3v) is 3.80. The van der Waals surface area contributed by atoms with Gasteiger partial charge in [0, 0.05) is 26.3 Å². The largest absolute Gasteiger partial charge is 0.385 e. The van der Waals surface area contributed by atoms with E-state index in [1.807, 2.05) is 0 Å². The Kier molecular flexibility index (Phi) is 7.01. The van der Waals surface area contributed by atoms with Crippen LogP contribution < -0.4 is 5.32 Å². The van der Waals surface area contributed by atoms with Crippen LogP contribution in [-0.2, 0) is 4.74 Å². The summed E-state index contributed by atoms with van der Waals surface area (Å²) in [6.07, 6.45) is 6.68. The predicted molar refractivity (Wildman–Crippen MR) is 68.8 cm³/mol. The van der Waals surface area contributed by atoms with E-state index in [-0.39, 0.29) is 0 Å². The molecule has 96 valence electrons. The maximum absolute atomic E-state index is 5.07. The SMILES string of the molecule is CNC1CCCC1CCN(C)CCCOC. The van der Waals surface area contributed by atoms with Crippen LogP contribution in [0.1, 0.15) is 32.1 Å². The third-order valence-electron chi connectivity index (χ3n) is 3.80. The van der Waals surface area contributed by atoms with Crippen molar-refractivity contribution in [2.45, 2.75) is 38.1 Å². The highest BCUT2D eigenvalue weighted by molar-refractivity contribution is 4.82. The van der Waals surface area contributed by atoms with Gasteiger partial charge in [-0.2, -0.15) is 0 Å². The molecule has 1 saturated carbocycles. The molecule has 0 amide bonds. The fourth-order valence-corrected chi connectivity index (χ4v) is 2.74. The molecule has 2 atom stereocenters. The molecule has 0 aliphatic heterocycles. The molecule has 1 aliphatic rings. The van der Waals surface area contributed by atoms with Crippen molar-refractivity contribution in [3.8, 4) is 0 Å². The predicted octanol–water partition coefficient (Wildman–Crippen LogP) is 1.73. The second-order valence-corrected chi connectivity index (χ2v) is 5.02. The van der Waals surface area contributed by atoms with Crippen LogP contribution >= 0.6 is 0 Å². The average Bonchev–Trinajstić information content (AvgIpc) is 2.74. The lowest BCUT2D eigenvalue weighted by molar-refractivity contribution is 0.176. The smallest absolute Gasteiger partial charge is 0.0474 e. The van der Waals surface area contributed by atoms with Crippen molar-refractivity contribution in [2.24, 2.45) is 5.92 Å². The zero-order valence-electron chi connectivity index (χ0n) is 11.2. The van der Waals surface area contributed by atoms with Gasteiger partial charge in [0.2, 0.25) is 0 Å². The molecule has 0 aromatic heterocycles. The van der Waals surface area contributed by atoms with Gasteiger partial charge in [-0.15, -0.1) is 0 Å². The van der Waals surface area contributed by atoms with Gasteiger partial charge in [0.1, 0.15) is 0 Å². The van der Waals surface area contributed by atoms with Gasteiger partial charge in [0.15, 0.2) is 0 Å². The molecule has 1 N–H and O–H groups in total. The summed E-state index contributed by atoms with van der Waals surface area (Å²) in [6.45, 7) is 3.27. The van der Waals surface area contributed by atoms with Crippen molar-refractivity contribution >= 4 is 0 Å². The van der Waals surface area contributed by atoms with Crippen LogP contribution in [0, 0.1) is 5.92 Å². The van der Waals surface area contributed by atoms with Crippen molar-refractivity contribution in [1.82, 2.24) is 10.2 Å². The van der Waals surface area contributed by atoms with E-state index in [1.165, 1.54) is 32.2 Å². The molecule has 0 saturated heterocycles. The first-order valence-corrected chi connectivity index (χ1v) is 6.62. The van der Waals surface area contributed by atoms with Gasteiger partial charge in [-0.1, -0.05) is 6.42 Å². The molecule has 1 rings (SSSR count). The van der Waals surface area contributed by atoms with Gasteiger partial charge in [0.25, 0.3) is 0 Å². The normalized spacial score (nSPS) is 25.5. The Morgan fingerprint density at radius 3 is 2.81 bits per heavy atom. The van der Waals surface area contributed by atoms with Gasteiger partial charge in [-0.05, 0) is 52.2 Å². The van der Waals surface area contributed by atoms with Gasteiger partial charge in [-0.3, -0.25) is 0 Å². The van der Waals surface area contributed by atoms with Crippen LogP contribution in [0.2, 0.25) is 0 Å². The Balaban J connectivity index is 2.08. The van der Waals surface area contributed by atoms with Gasteiger partial charge >= 0.3 is 0 Å². The van der Waals surface area contributed by atoms with Crippen LogP contribution in [0.3, 0.4) is 0 Å². The number of rotatable bonds is 8. The van der Waals surface area contributed by atoms with E-state index in [0.717, 1.165) is 31.5 Å². The maximum Gasteiger partial charge on any atom is 0.0474 e. The summed E-state index contributed by atoms with van der Waals surface area (Å²) in [5, 5.41) is 3.45. The van der Waals surface area contributed by atoms with Crippen molar-refractivity contribution in [2.75, 3.05) is 40.9 Å². The van der Waals surface area contributed by atoms with Crippen LogP contribution in [0.4, 0.5) is 0 Å². The molecular weight excluding hydrogens is 200 g/mol. The summed E-state index contributed by atoms with van der Waals surface area (Å²) in [5.74, 6) is 0.898. The Morgan fingerprint density at radius 2 is 2.12 bits per heavy atom. The van der Waals surface area contributed by atoms with Gasteiger partial charge in [-0.25, -0.2) is 0 Å². The highest BCUT2D eigenvalue weighted by atomic mass is 16.5. The molecule has 3 heteroatoms. The van der Waals surface area contributed by atoms with E-state index in [9.17, 15) is 0 Å². The highest BCUT2D eigenvalue weighted by Crippen LogP contribution is 2.28. The van der Waals surface area contributed by atoms with E-state index in [2.05, 4.69) is 24.3 Å². The Labute approximate surface area is 101 Å². The van der Waals surface area contributed by atoms with E-state index in [0.29, 0.717) is 0 Å². The quantitative estimate of drug-likeness (QED) is 0.640. The maximum atomic E-state index is 5.07. The summed E-state index contributed by atoms with van der Waals surface area (Å²) < 4.78 is 5.07. The summed E-state index contributed by atoms with van der Waals surface area (Å²) in [4.78, 5) is 2.43. The fourth-order valence-electron chi connectivity index (χ4n) is 2.74. The molecule has 1 aliphatic carbocycles. The van der Waals surface area contributed by atoms with E-state index >= 15 is 0 Å². The van der Waals surface area contributed by atoms with E-state index in [1.54, 1.807) is 7.11 Å². The molecule has 0 spiro atoms. The fraction of sp³-hybridized carbons (Fsp3) is 1.00. The summed E-state index contributed by atoms with van der Waals surface area (Å²) in [7, 11) is 6.10. The number of nitrogens with zero attached hydrogens (tertiary/aromatic N) is 1. The topological polar surface area (TPSA) is 24.5 Å². The first kappa shape index (κ1) is 13.9. The highest BCUT2D eigenvalue weighted by Gasteiger charge is 2.25. The molecule has 1 fully saturated rings. The van der Waals surface area contributed by atoms with Crippen molar-refractivity contribution in [3.63, 3.8) is 0 Å². The van der Waals surface area contributed by atoms with Crippen molar-refractivity contribution < 1.29 is 4.74 Å². The van der Waals surface area contributed by atoms with Crippen molar-refractivity contribution in [1.29, 1.82) is 0 Å². The third kappa shape index (κ3) is 4.81. The van der Waals surface area contributed by atoms with Gasteiger partial charge < -0.3 is 15.0 Å². The summed E-state index contributed by atoms with van der Waals surface area (Å²) in [6, 6.07) is 0.771. The first-order chi connectivity index (χ1) is 7.77. The van der Waals surface area contributed by atoms with E-state index < -0.39 is 0 Å². The van der Waals surface area contributed by atoms with Crippen LogP contribution in [0.5, 0.6) is 0 Å². The lowest BCUT2D eigenvalue weighted by Gasteiger charge is -2.22. The minimum absolute atomic E-state index is 0.771.